The maximum absolute atomic E-state index is 13.0. The Bertz CT molecular complexity index is 1560. The van der Waals surface area contributed by atoms with Crippen LogP contribution in [0.15, 0.2) is 60.8 Å². The first-order chi connectivity index (χ1) is 40.7. The number of esters is 1. The lowest BCUT2D eigenvalue weighted by Gasteiger charge is -2.40. The molecule has 0 radical (unpaired) electrons. The second-order valence-electron chi connectivity index (χ2n) is 24.2. The van der Waals surface area contributed by atoms with Gasteiger partial charge in [0.05, 0.1) is 32.0 Å². The Hall–Kier alpha value is -2.64. The Kier molecular flexibility index (Phi) is 57.6. The quantitative estimate of drug-likeness (QED) is 0.0195. The van der Waals surface area contributed by atoms with E-state index < -0.39 is 49.5 Å². The molecule has 0 aromatic carbocycles. The highest BCUT2D eigenvalue weighted by Crippen LogP contribution is 2.23. The van der Waals surface area contributed by atoms with Gasteiger partial charge in [-0.3, -0.25) is 9.59 Å². The van der Waals surface area contributed by atoms with Crippen LogP contribution in [0.5, 0.6) is 0 Å². The molecule has 11 nitrogen and oxygen atoms in total. The van der Waals surface area contributed by atoms with Crippen LogP contribution < -0.4 is 5.32 Å². The molecule has 1 rings (SSSR count). The van der Waals surface area contributed by atoms with Gasteiger partial charge in [-0.15, -0.1) is 0 Å². The molecule has 0 aromatic rings. The number of amides is 1. The lowest BCUT2D eigenvalue weighted by Crippen LogP contribution is -2.60. The fraction of sp³-hybridized carbons (Fsp3) is 0.833. The molecule has 7 atom stereocenters. The predicted molar refractivity (Wildman–Crippen MR) is 347 cm³/mol. The maximum Gasteiger partial charge on any atom is 0.305 e. The number of aliphatic hydroxyl groups excluding tert-OH is 5. The summed E-state index contributed by atoms with van der Waals surface area (Å²) in [5.74, 6) is -0.193. The number of hydrogen-bond acceptors (Lipinski definition) is 10. The highest BCUT2D eigenvalue weighted by Gasteiger charge is 2.44. The molecule has 7 unspecified atom stereocenters. The Morgan fingerprint density at radius 1 is 0.446 bits per heavy atom. The molecule has 0 saturated carbocycles. The van der Waals surface area contributed by atoms with Crippen molar-refractivity contribution in [3.05, 3.63) is 60.8 Å². The van der Waals surface area contributed by atoms with E-state index in [4.69, 9.17) is 14.2 Å². The first kappa shape index (κ1) is 78.4. The molecule has 0 aliphatic carbocycles. The Balaban J connectivity index is 1.92. The van der Waals surface area contributed by atoms with Gasteiger partial charge in [0.1, 0.15) is 24.4 Å². The topological polar surface area (TPSA) is 175 Å². The van der Waals surface area contributed by atoms with Crippen LogP contribution in [-0.4, -0.2) is 100 Å². The number of nitrogens with one attached hydrogen (secondary N) is 1. The molecule has 0 aromatic heterocycles. The molecule has 1 amide bonds. The minimum atomic E-state index is -1.58. The van der Waals surface area contributed by atoms with E-state index in [1.807, 2.05) is 6.08 Å². The lowest BCUT2D eigenvalue weighted by atomic mass is 9.99. The van der Waals surface area contributed by atoms with Crippen LogP contribution in [0.3, 0.4) is 0 Å². The van der Waals surface area contributed by atoms with Gasteiger partial charge in [0, 0.05) is 12.8 Å². The normalized spacial score (nSPS) is 18.5. The van der Waals surface area contributed by atoms with Gasteiger partial charge < -0.3 is 45.1 Å². The monoisotopic (exact) mass is 1170 g/mol. The third-order valence-corrected chi connectivity index (χ3v) is 16.3. The number of allylic oxidation sites excluding steroid dienone is 9. The highest BCUT2D eigenvalue weighted by atomic mass is 16.7. The number of carbonyl (C=O) groups excluding carboxylic acids is 2. The molecule has 1 fully saturated rings. The van der Waals surface area contributed by atoms with Crippen LogP contribution >= 0.6 is 0 Å². The number of unbranched alkanes of at least 4 members (excludes halogenated alkanes) is 39. The molecule has 11 heteroatoms. The summed E-state index contributed by atoms with van der Waals surface area (Å²) in [5, 5.41) is 54.2. The molecule has 1 heterocycles. The van der Waals surface area contributed by atoms with Crippen molar-refractivity contribution >= 4 is 11.9 Å². The van der Waals surface area contributed by atoms with Gasteiger partial charge >= 0.3 is 5.97 Å². The molecular weight excluding hydrogens is 1040 g/mol. The third kappa shape index (κ3) is 50.1. The second-order valence-corrected chi connectivity index (χ2v) is 24.2. The lowest BCUT2D eigenvalue weighted by molar-refractivity contribution is -0.302. The number of carbonyl (C=O) groups is 2. The first-order valence-corrected chi connectivity index (χ1v) is 35.1. The minimum Gasteiger partial charge on any atom is -0.466 e. The predicted octanol–water partition coefficient (Wildman–Crippen LogP) is 17.7. The zero-order valence-corrected chi connectivity index (χ0v) is 53.7. The summed E-state index contributed by atoms with van der Waals surface area (Å²) < 4.78 is 16.7. The molecule has 1 aliphatic rings. The number of rotatable bonds is 61. The van der Waals surface area contributed by atoms with E-state index in [9.17, 15) is 35.1 Å². The first-order valence-electron chi connectivity index (χ1n) is 35.1. The van der Waals surface area contributed by atoms with Gasteiger partial charge in [-0.1, -0.05) is 274 Å². The van der Waals surface area contributed by atoms with Crippen molar-refractivity contribution < 1.29 is 49.3 Å². The van der Waals surface area contributed by atoms with E-state index in [1.54, 1.807) is 6.08 Å². The van der Waals surface area contributed by atoms with Crippen molar-refractivity contribution in [1.29, 1.82) is 0 Å². The van der Waals surface area contributed by atoms with Crippen molar-refractivity contribution in [2.45, 2.75) is 365 Å². The van der Waals surface area contributed by atoms with Gasteiger partial charge in [-0.05, 0) is 96.3 Å². The van der Waals surface area contributed by atoms with Crippen molar-refractivity contribution in [1.82, 2.24) is 5.32 Å². The zero-order valence-electron chi connectivity index (χ0n) is 53.7. The van der Waals surface area contributed by atoms with Gasteiger partial charge in [0.2, 0.25) is 5.91 Å². The Morgan fingerprint density at radius 2 is 0.831 bits per heavy atom. The zero-order chi connectivity index (χ0) is 60.2. The van der Waals surface area contributed by atoms with Crippen molar-refractivity contribution in [3.63, 3.8) is 0 Å². The fourth-order valence-corrected chi connectivity index (χ4v) is 10.8. The third-order valence-electron chi connectivity index (χ3n) is 16.3. The number of aliphatic hydroxyl groups is 5. The molecule has 0 spiro atoms. The fourth-order valence-electron chi connectivity index (χ4n) is 10.8. The molecule has 1 saturated heterocycles. The highest BCUT2D eigenvalue weighted by molar-refractivity contribution is 5.76. The average Bonchev–Trinajstić information content (AvgIpc) is 3.68. The van der Waals surface area contributed by atoms with Crippen molar-refractivity contribution in [2.24, 2.45) is 0 Å². The van der Waals surface area contributed by atoms with Crippen molar-refractivity contribution in [3.8, 4) is 0 Å². The van der Waals surface area contributed by atoms with Crippen LogP contribution in [0.4, 0.5) is 0 Å². The maximum atomic E-state index is 13.0. The molecular formula is C72H131NO10. The summed E-state index contributed by atoms with van der Waals surface area (Å²) in [4.78, 5) is 25.0. The van der Waals surface area contributed by atoms with Gasteiger partial charge in [0.15, 0.2) is 6.29 Å². The van der Waals surface area contributed by atoms with Gasteiger partial charge in [0.25, 0.3) is 0 Å². The van der Waals surface area contributed by atoms with Crippen LogP contribution in [0.25, 0.3) is 0 Å². The van der Waals surface area contributed by atoms with E-state index >= 15 is 0 Å². The van der Waals surface area contributed by atoms with Crippen LogP contribution in [0.2, 0.25) is 0 Å². The summed E-state index contributed by atoms with van der Waals surface area (Å²) in [6.07, 6.45) is 71.0. The van der Waals surface area contributed by atoms with E-state index in [2.05, 4.69) is 67.8 Å². The Labute approximate surface area is 509 Å². The Morgan fingerprint density at radius 3 is 1.30 bits per heavy atom. The van der Waals surface area contributed by atoms with Crippen LogP contribution in [0, 0.1) is 0 Å². The number of ether oxygens (including phenoxy) is 3. The van der Waals surface area contributed by atoms with E-state index in [-0.39, 0.29) is 18.5 Å². The molecule has 484 valence electrons. The smallest absolute Gasteiger partial charge is 0.305 e. The average molecular weight is 1170 g/mol. The standard InChI is InChI=1S/C72H131NO10/c1-3-5-7-9-11-13-39-44-48-52-56-60-68(77)81-61-57-53-49-45-41-38-36-34-32-30-28-26-24-22-20-18-16-14-15-17-19-21-23-25-27-29-31-33-35-37-40-43-47-51-55-59-67(76)73-64(65(75)58-54-50-46-42-12-10-8-6-4-2)63-82-72-71(80)70(79)69(78)66(62-74)83-72/h9,11-12,16,18,22,24,42,54,58,64-66,69-72,74-75,78-80H,3-8,10,13-15,17,19-21,23,25-41,43-53,55-57,59-63H2,1-2H3,(H,73,76)/b11-9-,18-16-,24-22-,42-12+,58-54+. The van der Waals surface area contributed by atoms with E-state index in [0.29, 0.717) is 19.4 Å². The summed E-state index contributed by atoms with van der Waals surface area (Å²) in [6, 6.07) is -0.825. The summed E-state index contributed by atoms with van der Waals surface area (Å²) in [6.45, 7) is 4.25. The van der Waals surface area contributed by atoms with Gasteiger partial charge in [-0.2, -0.15) is 0 Å². The summed E-state index contributed by atoms with van der Waals surface area (Å²) >= 11 is 0. The van der Waals surface area contributed by atoms with Crippen molar-refractivity contribution in [2.75, 3.05) is 19.8 Å². The number of hydrogen-bond donors (Lipinski definition) is 6. The summed E-state index contributed by atoms with van der Waals surface area (Å²) in [7, 11) is 0. The second kappa shape index (κ2) is 61.0. The molecule has 83 heavy (non-hydrogen) atoms. The van der Waals surface area contributed by atoms with E-state index in [0.717, 1.165) is 64.2 Å². The van der Waals surface area contributed by atoms with Crippen LogP contribution in [-0.2, 0) is 23.8 Å². The van der Waals surface area contributed by atoms with E-state index in [1.165, 1.54) is 231 Å². The summed E-state index contributed by atoms with van der Waals surface area (Å²) in [5.41, 5.74) is 0. The largest absolute Gasteiger partial charge is 0.466 e. The SMILES string of the molecule is CCCC/C=C\CCCCCCCC(=O)OCCCCCCCCCCCCC/C=C\C/C=C\CCCCCCCCCCCCCCCCCCCC(=O)NC(COC1OC(CO)C(O)C(O)C1O)C(O)/C=C/CC/C=C/CCCCC. The van der Waals surface area contributed by atoms with Gasteiger partial charge in [-0.25, -0.2) is 0 Å². The molecule has 6 N–H and O–H groups in total. The molecule has 0 bridgehead atoms. The minimum absolute atomic E-state index is 0.00164. The molecule has 1 aliphatic heterocycles. The van der Waals surface area contributed by atoms with Crippen LogP contribution in [0.1, 0.15) is 322 Å².